The van der Waals surface area contributed by atoms with Gasteiger partial charge in [-0.3, -0.25) is 9.36 Å². The van der Waals surface area contributed by atoms with Crippen molar-refractivity contribution in [2.24, 2.45) is 0 Å². The molecule has 4 aromatic rings. The number of amides is 2. The van der Waals surface area contributed by atoms with Gasteiger partial charge in [0.1, 0.15) is 5.82 Å². The fraction of sp³-hybridized carbons (Fsp3) is 0.0870. The SMILES string of the molecule is Cc1ccc(NC(=O)Nc2ccc(-n3c(C)nc4ccccc4c3=O)cc2)cc1. The second-order valence-corrected chi connectivity index (χ2v) is 6.81. The normalized spacial score (nSPS) is 10.7. The predicted octanol–water partition coefficient (Wildman–Crippen LogP) is 4.65. The Bertz CT molecular complexity index is 1240. The molecule has 6 heteroatoms. The van der Waals surface area contributed by atoms with Crippen molar-refractivity contribution >= 4 is 28.3 Å². The van der Waals surface area contributed by atoms with Crippen LogP contribution in [0.25, 0.3) is 16.6 Å². The third-order valence-electron chi connectivity index (χ3n) is 4.64. The molecule has 3 aromatic carbocycles. The second-order valence-electron chi connectivity index (χ2n) is 6.81. The van der Waals surface area contributed by atoms with Crippen molar-refractivity contribution in [2.45, 2.75) is 13.8 Å². The first kappa shape index (κ1) is 18.4. The molecule has 4 rings (SSSR count). The highest BCUT2D eigenvalue weighted by atomic mass is 16.2. The highest BCUT2D eigenvalue weighted by Crippen LogP contribution is 2.16. The minimum absolute atomic E-state index is 0.120. The lowest BCUT2D eigenvalue weighted by Crippen LogP contribution is -2.22. The number of nitrogens with zero attached hydrogens (tertiary/aromatic N) is 2. The van der Waals surface area contributed by atoms with Crippen LogP contribution in [0.5, 0.6) is 0 Å². The Morgan fingerprint density at radius 1 is 0.828 bits per heavy atom. The van der Waals surface area contributed by atoms with Gasteiger partial charge in [0.25, 0.3) is 5.56 Å². The van der Waals surface area contributed by atoms with E-state index < -0.39 is 0 Å². The largest absolute Gasteiger partial charge is 0.323 e. The summed E-state index contributed by atoms with van der Waals surface area (Å²) in [6, 6.07) is 21.6. The Morgan fingerprint density at radius 2 is 1.41 bits per heavy atom. The van der Waals surface area contributed by atoms with Gasteiger partial charge in [0, 0.05) is 11.4 Å². The highest BCUT2D eigenvalue weighted by Gasteiger charge is 2.10. The molecule has 144 valence electrons. The van der Waals surface area contributed by atoms with Gasteiger partial charge in [0.05, 0.1) is 16.6 Å². The van der Waals surface area contributed by atoms with Crippen LogP contribution in [0.4, 0.5) is 16.2 Å². The third-order valence-corrected chi connectivity index (χ3v) is 4.64. The molecule has 29 heavy (non-hydrogen) atoms. The molecular weight excluding hydrogens is 364 g/mol. The Labute approximate surface area is 167 Å². The van der Waals surface area contributed by atoms with E-state index in [1.165, 1.54) is 0 Å². The smallest absolute Gasteiger partial charge is 0.308 e. The summed E-state index contributed by atoms with van der Waals surface area (Å²) in [4.78, 5) is 29.6. The maximum Gasteiger partial charge on any atom is 0.323 e. The van der Waals surface area contributed by atoms with Crippen molar-refractivity contribution in [3.8, 4) is 5.69 Å². The molecule has 0 unspecified atom stereocenters. The molecule has 0 aliphatic rings. The molecule has 0 bridgehead atoms. The van der Waals surface area contributed by atoms with E-state index in [1.807, 2.05) is 49.4 Å². The number of carbonyl (C=O) groups is 1. The fourth-order valence-electron chi connectivity index (χ4n) is 3.17. The van der Waals surface area contributed by atoms with Gasteiger partial charge in [0.2, 0.25) is 0 Å². The number of urea groups is 1. The highest BCUT2D eigenvalue weighted by molar-refractivity contribution is 5.99. The van der Waals surface area contributed by atoms with Gasteiger partial charge in [0.15, 0.2) is 0 Å². The van der Waals surface area contributed by atoms with Crippen molar-refractivity contribution in [3.05, 3.63) is 94.5 Å². The van der Waals surface area contributed by atoms with Crippen molar-refractivity contribution < 1.29 is 4.79 Å². The first-order valence-electron chi connectivity index (χ1n) is 9.25. The van der Waals surface area contributed by atoms with Gasteiger partial charge < -0.3 is 10.6 Å². The van der Waals surface area contributed by atoms with Gasteiger partial charge in [-0.25, -0.2) is 9.78 Å². The maximum atomic E-state index is 12.9. The number of hydrogen-bond acceptors (Lipinski definition) is 3. The summed E-state index contributed by atoms with van der Waals surface area (Å²) in [5.41, 5.74) is 3.71. The van der Waals surface area contributed by atoms with Crippen LogP contribution in [0.3, 0.4) is 0 Å². The lowest BCUT2D eigenvalue weighted by atomic mass is 10.2. The van der Waals surface area contributed by atoms with E-state index in [0.29, 0.717) is 33.8 Å². The summed E-state index contributed by atoms with van der Waals surface area (Å²) < 4.78 is 1.57. The number of fused-ring (bicyclic) bond motifs is 1. The number of benzene rings is 3. The number of anilines is 2. The van der Waals surface area contributed by atoms with E-state index >= 15 is 0 Å². The van der Waals surface area contributed by atoms with Crippen molar-refractivity contribution in [2.75, 3.05) is 10.6 Å². The Balaban J connectivity index is 1.55. The Hall–Kier alpha value is -3.93. The van der Waals surface area contributed by atoms with Crippen LogP contribution < -0.4 is 16.2 Å². The van der Waals surface area contributed by atoms with Crippen molar-refractivity contribution in [3.63, 3.8) is 0 Å². The number of para-hydroxylation sites is 1. The minimum Gasteiger partial charge on any atom is -0.308 e. The molecule has 2 N–H and O–H groups in total. The van der Waals surface area contributed by atoms with Crippen LogP contribution in [-0.2, 0) is 0 Å². The molecule has 0 atom stereocenters. The van der Waals surface area contributed by atoms with Gasteiger partial charge in [-0.05, 0) is 62.4 Å². The lowest BCUT2D eigenvalue weighted by molar-refractivity contribution is 0.262. The summed E-state index contributed by atoms with van der Waals surface area (Å²) in [5.74, 6) is 0.603. The van der Waals surface area contributed by atoms with E-state index in [0.717, 1.165) is 5.56 Å². The van der Waals surface area contributed by atoms with Crippen LogP contribution >= 0.6 is 0 Å². The summed E-state index contributed by atoms with van der Waals surface area (Å²) in [6.07, 6.45) is 0. The molecule has 0 spiro atoms. The number of hydrogen-bond donors (Lipinski definition) is 2. The zero-order valence-electron chi connectivity index (χ0n) is 16.1. The summed E-state index contributed by atoms with van der Waals surface area (Å²) in [6.45, 7) is 3.79. The molecule has 2 amide bonds. The van der Waals surface area contributed by atoms with Crippen molar-refractivity contribution in [1.29, 1.82) is 0 Å². The van der Waals surface area contributed by atoms with E-state index in [9.17, 15) is 9.59 Å². The fourth-order valence-corrected chi connectivity index (χ4v) is 3.17. The number of aryl methyl sites for hydroxylation is 2. The molecule has 1 aromatic heterocycles. The van der Waals surface area contributed by atoms with Crippen LogP contribution in [0.2, 0.25) is 0 Å². The quantitative estimate of drug-likeness (QED) is 0.540. The van der Waals surface area contributed by atoms with Crippen LogP contribution in [0.1, 0.15) is 11.4 Å². The average molecular weight is 384 g/mol. The number of rotatable bonds is 3. The van der Waals surface area contributed by atoms with Gasteiger partial charge >= 0.3 is 6.03 Å². The number of nitrogens with one attached hydrogen (secondary N) is 2. The zero-order valence-corrected chi connectivity index (χ0v) is 16.1. The first-order chi connectivity index (χ1) is 14.0. The average Bonchev–Trinajstić information content (AvgIpc) is 2.71. The van der Waals surface area contributed by atoms with E-state index in [4.69, 9.17) is 0 Å². The Morgan fingerprint density at radius 3 is 2.07 bits per heavy atom. The summed E-state index contributed by atoms with van der Waals surface area (Å²) in [7, 11) is 0. The number of carbonyl (C=O) groups excluding carboxylic acids is 1. The van der Waals surface area contributed by atoms with E-state index in [2.05, 4.69) is 15.6 Å². The standard InChI is InChI=1S/C23H20N4O2/c1-15-7-9-17(10-8-15)25-23(29)26-18-11-13-19(14-12-18)27-16(2)24-21-6-4-3-5-20(21)22(27)28/h3-14H,1-2H3,(H2,25,26,29). The number of aromatic nitrogens is 2. The van der Waals surface area contributed by atoms with Crippen LogP contribution in [-0.4, -0.2) is 15.6 Å². The molecule has 0 radical (unpaired) electrons. The Kier molecular flexibility index (Phi) is 4.83. The maximum absolute atomic E-state index is 12.9. The molecule has 6 nitrogen and oxygen atoms in total. The summed E-state index contributed by atoms with van der Waals surface area (Å²) in [5, 5.41) is 6.14. The zero-order chi connectivity index (χ0) is 20.4. The third kappa shape index (κ3) is 3.87. The molecule has 0 fully saturated rings. The molecule has 1 heterocycles. The second kappa shape index (κ2) is 7.59. The topological polar surface area (TPSA) is 76.0 Å². The lowest BCUT2D eigenvalue weighted by Gasteiger charge is -2.12. The monoisotopic (exact) mass is 384 g/mol. The van der Waals surface area contributed by atoms with Gasteiger partial charge in [-0.15, -0.1) is 0 Å². The predicted molar refractivity (Wildman–Crippen MR) is 116 cm³/mol. The minimum atomic E-state index is -0.331. The van der Waals surface area contributed by atoms with Gasteiger partial charge in [-0.2, -0.15) is 0 Å². The van der Waals surface area contributed by atoms with Crippen LogP contribution in [0.15, 0.2) is 77.6 Å². The molecule has 0 saturated heterocycles. The van der Waals surface area contributed by atoms with Crippen LogP contribution in [0, 0.1) is 13.8 Å². The summed E-state index contributed by atoms with van der Waals surface area (Å²) >= 11 is 0. The first-order valence-corrected chi connectivity index (χ1v) is 9.25. The van der Waals surface area contributed by atoms with E-state index in [-0.39, 0.29) is 11.6 Å². The molecule has 0 aliphatic carbocycles. The molecule has 0 saturated carbocycles. The van der Waals surface area contributed by atoms with Crippen molar-refractivity contribution in [1.82, 2.24) is 9.55 Å². The van der Waals surface area contributed by atoms with E-state index in [1.54, 1.807) is 41.8 Å². The van der Waals surface area contributed by atoms with Gasteiger partial charge in [-0.1, -0.05) is 29.8 Å². The molecule has 0 aliphatic heterocycles. The molecular formula is C23H20N4O2.